The van der Waals surface area contributed by atoms with Crippen LogP contribution in [0.1, 0.15) is 31.1 Å². The number of carbonyl (C=O) groups is 3. The van der Waals surface area contributed by atoms with Gasteiger partial charge in [-0.25, -0.2) is 4.98 Å². The van der Waals surface area contributed by atoms with E-state index in [4.69, 9.17) is 11.6 Å². The number of halogens is 1. The molecular weight excluding hydrogens is 282 g/mol. The van der Waals surface area contributed by atoms with Crippen molar-refractivity contribution in [2.24, 2.45) is 0 Å². The standard InChI is InChI=1S/C13H16ClN3O3/c1-7(2)17-10-4-12(14)15-5-9(10)13(20)16-6-11(19)8(3)18/h4-5,7H,6H2,1-3H3,(H,15,17)(H,16,20). The maximum absolute atomic E-state index is 12.0. The van der Waals surface area contributed by atoms with E-state index in [9.17, 15) is 14.4 Å². The van der Waals surface area contributed by atoms with Gasteiger partial charge in [0.05, 0.1) is 17.8 Å². The van der Waals surface area contributed by atoms with Crippen molar-refractivity contribution < 1.29 is 14.4 Å². The van der Waals surface area contributed by atoms with Crippen LogP contribution < -0.4 is 10.6 Å². The lowest BCUT2D eigenvalue weighted by Crippen LogP contribution is -2.33. The molecule has 20 heavy (non-hydrogen) atoms. The molecule has 0 aliphatic heterocycles. The Kier molecular flexibility index (Phi) is 5.64. The summed E-state index contributed by atoms with van der Waals surface area (Å²) in [6.07, 6.45) is 1.32. The quantitative estimate of drug-likeness (QED) is 0.613. The summed E-state index contributed by atoms with van der Waals surface area (Å²) in [5, 5.41) is 5.70. The zero-order chi connectivity index (χ0) is 15.3. The van der Waals surface area contributed by atoms with E-state index in [2.05, 4.69) is 15.6 Å². The number of nitrogens with one attached hydrogen (secondary N) is 2. The highest BCUT2D eigenvalue weighted by Gasteiger charge is 2.15. The summed E-state index contributed by atoms with van der Waals surface area (Å²) in [4.78, 5) is 37.8. The zero-order valence-corrected chi connectivity index (χ0v) is 12.2. The number of carbonyl (C=O) groups excluding carboxylic acids is 3. The average molecular weight is 298 g/mol. The van der Waals surface area contributed by atoms with Gasteiger partial charge in [0.15, 0.2) is 5.78 Å². The Morgan fingerprint density at radius 3 is 2.55 bits per heavy atom. The van der Waals surface area contributed by atoms with Crippen molar-refractivity contribution in [2.75, 3.05) is 11.9 Å². The molecule has 1 rings (SSSR count). The number of nitrogens with zero attached hydrogens (tertiary/aromatic N) is 1. The first kappa shape index (κ1) is 16.1. The van der Waals surface area contributed by atoms with Crippen LogP contribution in [0.15, 0.2) is 12.3 Å². The third-order valence-electron chi connectivity index (χ3n) is 2.36. The van der Waals surface area contributed by atoms with Gasteiger partial charge in [0, 0.05) is 19.2 Å². The summed E-state index contributed by atoms with van der Waals surface area (Å²) >= 11 is 5.79. The molecule has 0 radical (unpaired) electrons. The molecule has 7 heteroatoms. The Bertz CT molecular complexity index is 544. The van der Waals surface area contributed by atoms with Gasteiger partial charge in [-0.1, -0.05) is 11.6 Å². The molecule has 0 aromatic carbocycles. The van der Waals surface area contributed by atoms with Crippen LogP contribution in [0.2, 0.25) is 5.15 Å². The summed E-state index contributed by atoms with van der Waals surface area (Å²) in [7, 11) is 0. The minimum Gasteiger partial charge on any atom is -0.382 e. The lowest BCUT2D eigenvalue weighted by atomic mass is 10.2. The van der Waals surface area contributed by atoms with Crippen LogP contribution in [-0.2, 0) is 9.59 Å². The Morgan fingerprint density at radius 2 is 2.00 bits per heavy atom. The Labute approximate surface area is 121 Å². The fourth-order valence-electron chi connectivity index (χ4n) is 1.42. The van der Waals surface area contributed by atoms with E-state index < -0.39 is 17.5 Å². The molecule has 108 valence electrons. The van der Waals surface area contributed by atoms with Crippen LogP contribution in [0, 0.1) is 0 Å². The predicted octanol–water partition coefficient (Wildman–Crippen LogP) is 1.44. The average Bonchev–Trinajstić information content (AvgIpc) is 2.34. The van der Waals surface area contributed by atoms with Crippen LogP contribution >= 0.6 is 11.6 Å². The number of anilines is 1. The minimum atomic E-state index is -0.654. The maximum atomic E-state index is 12.0. The molecule has 0 saturated heterocycles. The second-order valence-corrected chi connectivity index (χ2v) is 4.90. The van der Waals surface area contributed by atoms with Crippen molar-refractivity contribution in [3.05, 3.63) is 23.0 Å². The number of Topliss-reactive ketones (excluding diaryl/α,β-unsaturated/α-hetero) is 2. The zero-order valence-electron chi connectivity index (χ0n) is 11.5. The van der Waals surface area contributed by atoms with Crippen molar-refractivity contribution in [1.29, 1.82) is 0 Å². The SMILES string of the molecule is CC(=O)C(=O)CNC(=O)c1cnc(Cl)cc1NC(C)C. The Balaban J connectivity index is 2.86. The molecule has 1 amide bonds. The largest absolute Gasteiger partial charge is 0.382 e. The summed E-state index contributed by atoms with van der Waals surface area (Å²) < 4.78 is 0. The van der Waals surface area contributed by atoms with E-state index in [0.29, 0.717) is 5.69 Å². The monoisotopic (exact) mass is 297 g/mol. The van der Waals surface area contributed by atoms with Crippen LogP contribution in [0.25, 0.3) is 0 Å². The van der Waals surface area contributed by atoms with Crippen LogP contribution in [0.4, 0.5) is 5.69 Å². The summed E-state index contributed by atoms with van der Waals surface area (Å²) in [6.45, 7) is 4.65. The molecule has 0 saturated carbocycles. The van der Waals surface area contributed by atoms with Gasteiger partial charge in [0.1, 0.15) is 5.15 Å². The van der Waals surface area contributed by atoms with Gasteiger partial charge >= 0.3 is 0 Å². The number of hydrogen-bond donors (Lipinski definition) is 2. The van der Waals surface area contributed by atoms with Gasteiger partial charge in [-0.15, -0.1) is 0 Å². The van der Waals surface area contributed by atoms with Crippen molar-refractivity contribution in [3.63, 3.8) is 0 Å². The molecule has 1 aromatic rings. The Hall–Kier alpha value is -1.95. The van der Waals surface area contributed by atoms with E-state index in [1.165, 1.54) is 12.3 Å². The highest BCUT2D eigenvalue weighted by atomic mass is 35.5. The number of ketones is 2. The molecular formula is C13H16ClN3O3. The van der Waals surface area contributed by atoms with Crippen LogP contribution in [-0.4, -0.2) is 35.0 Å². The normalized spacial score (nSPS) is 10.2. The fraction of sp³-hybridized carbons (Fsp3) is 0.385. The molecule has 0 spiro atoms. The molecule has 0 unspecified atom stereocenters. The van der Waals surface area contributed by atoms with Crippen molar-refractivity contribution >= 4 is 34.8 Å². The molecule has 1 heterocycles. The van der Waals surface area contributed by atoms with Crippen molar-refractivity contribution in [2.45, 2.75) is 26.8 Å². The van der Waals surface area contributed by atoms with E-state index in [-0.39, 0.29) is 23.3 Å². The second-order valence-electron chi connectivity index (χ2n) is 4.51. The molecule has 0 aliphatic carbocycles. The number of pyridine rings is 1. The topological polar surface area (TPSA) is 88.2 Å². The molecule has 6 nitrogen and oxygen atoms in total. The number of amides is 1. The third kappa shape index (κ3) is 4.62. The van der Waals surface area contributed by atoms with Crippen LogP contribution in [0.5, 0.6) is 0 Å². The van der Waals surface area contributed by atoms with Gasteiger partial charge in [-0.2, -0.15) is 0 Å². The highest BCUT2D eigenvalue weighted by molar-refractivity contribution is 6.37. The van der Waals surface area contributed by atoms with Gasteiger partial charge in [0.2, 0.25) is 5.78 Å². The van der Waals surface area contributed by atoms with Crippen molar-refractivity contribution in [3.8, 4) is 0 Å². The van der Waals surface area contributed by atoms with Gasteiger partial charge in [-0.3, -0.25) is 14.4 Å². The summed E-state index contributed by atoms with van der Waals surface area (Å²) in [6, 6.07) is 1.63. The molecule has 0 atom stereocenters. The highest BCUT2D eigenvalue weighted by Crippen LogP contribution is 2.19. The number of hydrogen-bond acceptors (Lipinski definition) is 5. The molecule has 1 aromatic heterocycles. The maximum Gasteiger partial charge on any atom is 0.255 e. The lowest BCUT2D eigenvalue weighted by molar-refractivity contribution is -0.134. The lowest BCUT2D eigenvalue weighted by Gasteiger charge is -2.14. The molecule has 0 aliphatic rings. The molecule has 0 bridgehead atoms. The fourth-order valence-corrected chi connectivity index (χ4v) is 1.58. The van der Waals surface area contributed by atoms with Crippen LogP contribution in [0.3, 0.4) is 0 Å². The van der Waals surface area contributed by atoms with E-state index in [0.717, 1.165) is 6.92 Å². The molecule has 2 N–H and O–H groups in total. The molecule has 0 fully saturated rings. The van der Waals surface area contributed by atoms with E-state index >= 15 is 0 Å². The van der Waals surface area contributed by atoms with Gasteiger partial charge in [0.25, 0.3) is 5.91 Å². The smallest absolute Gasteiger partial charge is 0.255 e. The van der Waals surface area contributed by atoms with Gasteiger partial charge < -0.3 is 10.6 Å². The minimum absolute atomic E-state index is 0.0962. The number of aromatic nitrogens is 1. The first-order chi connectivity index (χ1) is 9.31. The van der Waals surface area contributed by atoms with Crippen molar-refractivity contribution in [1.82, 2.24) is 10.3 Å². The second kappa shape index (κ2) is 7.00. The third-order valence-corrected chi connectivity index (χ3v) is 2.57. The summed E-state index contributed by atoms with van der Waals surface area (Å²) in [5.41, 5.74) is 0.784. The first-order valence-corrected chi connectivity index (χ1v) is 6.43. The Morgan fingerprint density at radius 1 is 1.35 bits per heavy atom. The van der Waals surface area contributed by atoms with E-state index in [1.54, 1.807) is 0 Å². The summed E-state index contributed by atoms with van der Waals surface area (Å²) in [5.74, 6) is -1.74. The number of rotatable bonds is 6. The van der Waals surface area contributed by atoms with Gasteiger partial charge in [-0.05, 0) is 19.9 Å². The first-order valence-electron chi connectivity index (χ1n) is 6.05. The predicted molar refractivity (Wildman–Crippen MR) is 76.0 cm³/mol. The van der Waals surface area contributed by atoms with E-state index in [1.807, 2.05) is 13.8 Å².